The van der Waals surface area contributed by atoms with Gasteiger partial charge in [-0.05, 0) is 62.8 Å². The molecule has 4 aliphatic carbocycles. The first-order valence-electron chi connectivity index (χ1n) is 9.69. The summed E-state index contributed by atoms with van der Waals surface area (Å²) in [7, 11) is 0. The van der Waals surface area contributed by atoms with Gasteiger partial charge in [-0.1, -0.05) is 30.3 Å². The number of amides is 2. The van der Waals surface area contributed by atoms with Crippen LogP contribution < -0.4 is 10.6 Å². The zero-order valence-electron chi connectivity index (χ0n) is 15.3. The Morgan fingerprint density at radius 1 is 1.15 bits per heavy atom. The minimum atomic E-state index is -0.350. The van der Waals surface area contributed by atoms with Gasteiger partial charge in [-0.25, -0.2) is 0 Å². The van der Waals surface area contributed by atoms with E-state index in [1.165, 1.54) is 6.42 Å². The van der Waals surface area contributed by atoms with Crippen LogP contribution in [0.25, 0.3) is 0 Å². The molecule has 2 N–H and O–H groups in total. The highest BCUT2D eigenvalue weighted by Gasteiger charge is 2.60. The molecule has 4 bridgehead atoms. The number of benzene rings is 1. The van der Waals surface area contributed by atoms with Gasteiger partial charge in [0.1, 0.15) is 0 Å². The second-order valence-corrected chi connectivity index (χ2v) is 9.58. The third-order valence-electron chi connectivity index (χ3n) is 6.56. The Morgan fingerprint density at radius 3 is 2.42 bits per heavy atom. The van der Waals surface area contributed by atoms with E-state index < -0.39 is 0 Å². The molecule has 2 unspecified atom stereocenters. The summed E-state index contributed by atoms with van der Waals surface area (Å²) in [4.78, 5) is 25.0. The number of hydrogen-bond acceptors (Lipinski definition) is 2. The maximum atomic E-state index is 12.9. The molecule has 4 saturated carbocycles. The molecule has 0 aromatic heterocycles. The van der Waals surface area contributed by atoms with Crippen LogP contribution in [-0.4, -0.2) is 23.2 Å². The average Bonchev–Trinajstić information content (AvgIpc) is 2.58. The number of nitrogens with one attached hydrogen (secondary N) is 2. The minimum Gasteiger partial charge on any atom is -0.348 e. The second kappa shape index (κ2) is 6.56. The summed E-state index contributed by atoms with van der Waals surface area (Å²) in [5.74, 6) is 1.03. The fraction of sp³-hybridized carbons (Fsp3) is 0.619. The van der Waals surface area contributed by atoms with Crippen LogP contribution in [0.4, 0.5) is 0 Å². The quantitative estimate of drug-likeness (QED) is 0.774. The Bertz CT molecular complexity index is 691. The molecule has 0 radical (unpaired) electrons. The summed E-state index contributed by atoms with van der Waals surface area (Å²) in [6.07, 6.45) is 5.96. The maximum Gasteiger partial charge on any atom is 0.239 e. The monoisotopic (exact) mass is 374 g/mol. The molecule has 140 valence electrons. The summed E-state index contributed by atoms with van der Waals surface area (Å²) in [5.41, 5.74) is 0.703. The number of carbonyl (C=O) groups is 2. The van der Waals surface area contributed by atoms with Crippen LogP contribution in [0.15, 0.2) is 30.3 Å². The van der Waals surface area contributed by atoms with Crippen molar-refractivity contribution in [3.8, 4) is 0 Å². The van der Waals surface area contributed by atoms with Crippen LogP contribution in [-0.2, 0) is 9.59 Å². The molecule has 1 aromatic rings. The first-order chi connectivity index (χ1) is 12.4. The van der Waals surface area contributed by atoms with E-state index in [1.807, 2.05) is 37.3 Å². The van der Waals surface area contributed by atoms with E-state index in [-0.39, 0.29) is 34.7 Å². The number of rotatable bonds is 5. The molecule has 4 fully saturated rings. The van der Waals surface area contributed by atoms with Gasteiger partial charge in [0.15, 0.2) is 0 Å². The normalized spacial score (nSPS) is 35.8. The fourth-order valence-corrected chi connectivity index (χ4v) is 6.57. The molecule has 5 atom stereocenters. The van der Waals surface area contributed by atoms with Gasteiger partial charge in [-0.15, -0.1) is 11.6 Å². The zero-order valence-corrected chi connectivity index (χ0v) is 16.0. The molecule has 2 amide bonds. The lowest BCUT2D eigenvalue weighted by Gasteiger charge is -2.59. The highest BCUT2D eigenvalue weighted by molar-refractivity contribution is 6.24. The first-order valence-corrected chi connectivity index (χ1v) is 10.1. The highest BCUT2D eigenvalue weighted by Crippen LogP contribution is 2.63. The van der Waals surface area contributed by atoms with Gasteiger partial charge in [0.2, 0.25) is 11.8 Å². The van der Waals surface area contributed by atoms with Crippen molar-refractivity contribution >= 4 is 23.4 Å². The Morgan fingerprint density at radius 2 is 1.81 bits per heavy atom. The zero-order chi connectivity index (χ0) is 18.4. The summed E-state index contributed by atoms with van der Waals surface area (Å²) < 4.78 is 0. The van der Waals surface area contributed by atoms with Crippen molar-refractivity contribution in [3.63, 3.8) is 0 Å². The number of carbonyl (C=O) groups excluding carboxylic acids is 2. The van der Waals surface area contributed by atoms with E-state index in [1.54, 1.807) is 0 Å². The summed E-state index contributed by atoms with van der Waals surface area (Å²) >= 11 is 6.80. The largest absolute Gasteiger partial charge is 0.348 e. The predicted molar refractivity (Wildman–Crippen MR) is 102 cm³/mol. The predicted octanol–water partition coefficient (Wildman–Crippen LogP) is 3.56. The molecule has 1 aromatic carbocycles. The molecule has 5 heteroatoms. The van der Waals surface area contributed by atoms with E-state index in [0.29, 0.717) is 11.8 Å². The molecule has 0 aliphatic heterocycles. The Labute approximate surface area is 160 Å². The standard InChI is InChI=1S/C21H27ClN2O2/c1-14(17-5-3-2-4-6-17)24-18(25)12-23-19(26)20-8-15-7-16(9-20)11-21(22,10-15)13-20/h2-6,14-16H,7-13H2,1H3,(H,23,26)(H,24,25)/t14-,15-,16+,20?,21?/m1/s1. The van der Waals surface area contributed by atoms with Crippen molar-refractivity contribution in [2.45, 2.75) is 56.4 Å². The Kier molecular flexibility index (Phi) is 4.50. The molecule has 0 spiro atoms. The average molecular weight is 375 g/mol. The molecular formula is C21H27ClN2O2. The van der Waals surface area contributed by atoms with Crippen LogP contribution in [0, 0.1) is 17.3 Å². The topological polar surface area (TPSA) is 58.2 Å². The van der Waals surface area contributed by atoms with Crippen molar-refractivity contribution in [2.24, 2.45) is 17.3 Å². The molecule has 4 aliphatic rings. The lowest BCUT2D eigenvalue weighted by molar-refractivity contribution is -0.145. The SMILES string of the molecule is C[C@@H](NC(=O)CNC(=O)C12C[C@@H]3C[C@@H](CC(Cl)(C3)C1)C2)c1ccccc1. The first kappa shape index (κ1) is 17.8. The van der Waals surface area contributed by atoms with E-state index in [4.69, 9.17) is 11.6 Å². The molecule has 26 heavy (non-hydrogen) atoms. The van der Waals surface area contributed by atoms with Gasteiger partial charge in [0.25, 0.3) is 0 Å². The van der Waals surface area contributed by atoms with Crippen molar-refractivity contribution in [1.29, 1.82) is 0 Å². The van der Waals surface area contributed by atoms with Crippen molar-refractivity contribution in [2.75, 3.05) is 6.54 Å². The van der Waals surface area contributed by atoms with Crippen LogP contribution in [0.5, 0.6) is 0 Å². The van der Waals surface area contributed by atoms with E-state index in [2.05, 4.69) is 10.6 Å². The van der Waals surface area contributed by atoms with Gasteiger partial charge < -0.3 is 10.6 Å². The van der Waals surface area contributed by atoms with Gasteiger partial charge in [0.05, 0.1) is 18.0 Å². The van der Waals surface area contributed by atoms with E-state index >= 15 is 0 Å². The smallest absolute Gasteiger partial charge is 0.239 e. The van der Waals surface area contributed by atoms with Gasteiger partial charge in [-0.3, -0.25) is 9.59 Å². The summed E-state index contributed by atoms with van der Waals surface area (Å²) in [6, 6.07) is 9.75. The molecule has 0 heterocycles. The molecule has 4 nitrogen and oxygen atoms in total. The maximum absolute atomic E-state index is 12.9. The third kappa shape index (κ3) is 3.36. The van der Waals surface area contributed by atoms with Gasteiger partial charge >= 0.3 is 0 Å². The van der Waals surface area contributed by atoms with Crippen LogP contribution in [0.1, 0.15) is 57.1 Å². The summed E-state index contributed by atoms with van der Waals surface area (Å²) in [6.45, 7) is 1.98. The Hall–Kier alpha value is -1.55. The number of hydrogen-bond donors (Lipinski definition) is 2. The highest BCUT2D eigenvalue weighted by atomic mass is 35.5. The van der Waals surface area contributed by atoms with Crippen LogP contribution in [0.3, 0.4) is 0 Å². The van der Waals surface area contributed by atoms with E-state index in [9.17, 15) is 9.59 Å². The number of alkyl halides is 1. The summed E-state index contributed by atoms with van der Waals surface area (Å²) in [5, 5.41) is 5.86. The third-order valence-corrected chi connectivity index (χ3v) is 7.00. The van der Waals surface area contributed by atoms with E-state index in [0.717, 1.165) is 37.7 Å². The van der Waals surface area contributed by atoms with Crippen molar-refractivity contribution in [3.05, 3.63) is 35.9 Å². The van der Waals surface area contributed by atoms with Crippen LogP contribution >= 0.6 is 11.6 Å². The lowest BCUT2D eigenvalue weighted by atomic mass is 9.49. The lowest BCUT2D eigenvalue weighted by Crippen LogP contribution is -2.59. The number of halogens is 1. The molecule has 0 saturated heterocycles. The van der Waals surface area contributed by atoms with Crippen LogP contribution in [0.2, 0.25) is 0 Å². The molecular weight excluding hydrogens is 348 g/mol. The van der Waals surface area contributed by atoms with Gasteiger partial charge in [-0.2, -0.15) is 0 Å². The van der Waals surface area contributed by atoms with Gasteiger partial charge in [0, 0.05) is 4.87 Å². The second-order valence-electron chi connectivity index (χ2n) is 8.77. The molecule has 5 rings (SSSR count). The van der Waals surface area contributed by atoms with Crippen molar-refractivity contribution in [1.82, 2.24) is 10.6 Å². The van der Waals surface area contributed by atoms with Crippen molar-refractivity contribution < 1.29 is 9.59 Å². The minimum absolute atomic E-state index is 0.0270. The Balaban J connectivity index is 1.33. The fourth-order valence-electron chi connectivity index (χ4n) is 5.88.